The van der Waals surface area contributed by atoms with E-state index in [-0.39, 0.29) is 37.0 Å². The Bertz CT molecular complexity index is 1380. The molecule has 10 nitrogen and oxygen atoms in total. The van der Waals surface area contributed by atoms with Crippen molar-refractivity contribution in [2.75, 3.05) is 26.3 Å². The van der Waals surface area contributed by atoms with Gasteiger partial charge < -0.3 is 24.0 Å². The molecule has 10 heteroatoms. The molecule has 2 amide bonds. The lowest BCUT2D eigenvalue weighted by Crippen LogP contribution is -2.47. The number of carbonyl (C=O) groups is 3. The number of benzene rings is 2. The van der Waals surface area contributed by atoms with Gasteiger partial charge in [0.1, 0.15) is 24.6 Å². The summed E-state index contributed by atoms with van der Waals surface area (Å²) >= 11 is 0. The molecule has 49 heavy (non-hydrogen) atoms. The van der Waals surface area contributed by atoms with Crippen LogP contribution >= 0.6 is 0 Å². The summed E-state index contributed by atoms with van der Waals surface area (Å²) in [5.41, 5.74) is 2.09. The number of carbonyl (C=O) groups excluding carboxylic acids is 3. The lowest BCUT2D eigenvalue weighted by atomic mass is 9.93. The third-order valence-corrected chi connectivity index (χ3v) is 8.75. The smallest absolute Gasteiger partial charge is 0.414 e. The Kier molecular flexibility index (Phi) is 14.8. The van der Waals surface area contributed by atoms with Gasteiger partial charge >= 0.3 is 12.1 Å². The van der Waals surface area contributed by atoms with Crippen molar-refractivity contribution in [2.45, 2.75) is 118 Å². The summed E-state index contributed by atoms with van der Waals surface area (Å²) in [5, 5.41) is 2.74. The number of fused-ring (bicyclic) bond motifs is 1. The first kappa shape index (κ1) is 37.7. The fourth-order valence-electron chi connectivity index (χ4n) is 6.14. The van der Waals surface area contributed by atoms with E-state index in [4.69, 9.17) is 19.2 Å². The summed E-state index contributed by atoms with van der Waals surface area (Å²) in [4.78, 5) is 47.7. The largest absolute Gasteiger partial charge is 0.491 e. The Morgan fingerprint density at radius 3 is 2.45 bits per heavy atom. The van der Waals surface area contributed by atoms with E-state index in [9.17, 15) is 14.4 Å². The number of amides is 2. The number of unbranched alkanes of at least 4 members (excludes halogenated alkanes) is 3. The maximum Gasteiger partial charge on any atom is 0.414 e. The van der Waals surface area contributed by atoms with Crippen LogP contribution in [0, 0.1) is 5.41 Å². The van der Waals surface area contributed by atoms with Crippen molar-refractivity contribution in [1.82, 2.24) is 15.1 Å². The molecule has 2 aromatic carbocycles. The first-order valence-electron chi connectivity index (χ1n) is 18.1. The molecule has 4 rings (SSSR count). The van der Waals surface area contributed by atoms with Gasteiger partial charge in [-0.1, -0.05) is 109 Å². The van der Waals surface area contributed by atoms with Gasteiger partial charge in [-0.3, -0.25) is 14.9 Å². The lowest BCUT2D eigenvalue weighted by Gasteiger charge is -2.34. The quantitative estimate of drug-likeness (QED) is 0.142. The van der Waals surface area contributed by atoms with Crippen molar-refractivity contribution in [3.05, 3.63) is 59.7 Å². The monoisotopic (exact) mass is 676 g/mol. The number of nitrogens with one attached hydrogen (secondary N) is 1. The van der Waals surface area contributed by atoms with Gasteiger partial charge in [0, 0.05) is 31.1 Å². The Morgan fingerprint density at radius 1 is 0.939 bits per heavy atom. The van der Waals surface area contributed by atoms with Crippen LogP contribution in [0.1, 0.15) is 109 Å². The summed E-state index contributed by atoms with van der Waals surface area (Å²) in [5.74, 6) is 0.529. The van der Waals surface area contributed by atoms with Crippen LogP contribution in [-0.2, 0) is 32.2 Å². The SMILES string of the molecule is CCCCCCN(C(=O)CCCOc1cccc2c1N=C(NC(=O)OCc1ccccc1)N(CC(=O)OCC(C)(C)C)C2)C1CCCCC1. The molecule has 1 aliphatic heterocycles. The van der Waals surface area contributed by atoms with Crippen LogP contribution in [0.4, 0.5) is 10.5 Å². The van der Waals surface area contributed by atoms with E-state index < -0.39 is 12.1 Å². The number of ether oxygens (including phenoxy) is 3. The van der Waals surface area contributed by atoms with E-state index in [0.717, 1.165) is 43.4 Å². The van der Waals surface area contributed by atoms with Crippen LogP contribution in [0.15, 0.2) is 53.5 Å². The van der Waals surface area contributed by atoms with E-state index in [1.807, 2.05) is 69.3 Å². The minimum atomic E-state index is -0.687. The van der Waals surface area contributed by atoms with E-state index in [1.54, 1.807) is 4.90 Å². The number of hydrogen-bond acceptors (Lipinski definition) is 8. The molecule has 268 valence electrons. The second-order valence-electron chi connectivity index (χ2n) is 14.4. The second kappa shape index (κ2) is 19.2. The average molecular weight is 677 g/mol. The predicted molar refractivity (Wildman–Crippen MR) is 192 cm³/mol. The number of esters is 1. The van der Waals surface area contributed by atoms with Gasteiger partial charge in [0.05, 0.1) is 13.2 Å². The number of nitrogens with zero attached hydrogens (tertiary/aromatic N) is 3. The first-order valence-corrected chi connectivity index (χ1v) is 18.1. The first-order chi connectivity index (χ1) is 23.6. The molecule has 0 spiro atoms. The molecule has 0 aromatic heterocycles. The number of alkyl carbamates (subject to hydrolysis) is 1. The molecule has 2 aromatic rings. The van der Waals surface area contributed by atoms with Crippen molar-refractivity contribution < 1.29 is 28.6 Å². The third kappa shape index (κ3) is 12.7. The standard InChI is InChI=1S/C39H56N4O6/c1-5-6-7-14-24-43(32-20-12-9-13-21-32)34(44)23-16-25-47-33-22-15-19-31-26-42(27-35(45)49-29-39(2,3)4)37(40-36(31)33)41-38(46)48-28-30-17-10-8-11-18-30/h8,10-11,15,17-19,22,32H,5-7,9,12-14,16,20-21,23-29H2,1-4H3,(H,40,41,46). The average Bonchev–Trinajstić information content (AvgIpc) is 3.09. The summed E-state index contributed by atoms with van der Waals surface area (Å²) in [6.45, 7) is 9.96. The lowest BCUT2D eigenvalue weighted by molar-refractivity contribution is -0.147. The van der Waals surface area contributed by atoms with Crippen LogP contribution in [-0.4, -0.2) is 66.1 Å². The van der Waals surface area contributed by atoms with Crippen LogP contribution < -0.4 is 10.1 Å². The molecule has 1 saturated carbocycles. The summed E-state index contributed by atoms with van der Waals surface area (Å²) in [7, 11) is 0. The van der Waals surface area contributed by atoms with Crippen molar-refractivity contribution in [2.24, 2.45) is 10.4 Å². The Labute approximate surface area is 292 Å². The van der Waals surface area contributed by atoms with Crippen molar-refractivity contribution in [3.8, 4) is 5.75 Å². The summed E-state index contributed by atoms with van der Waals surface area (Å²) in [6.07, 6.45) is 10.8. The number of guanidine groups is 1. The van der Waals surface area contributed by atoms with Gasteiger partial charge in [-0.05, 0) is 42.7 Å². The van der Waals surface area contributed by atoms with Gasteiger partial charge in [-0.2, -0.15) is 0 Å². The Morgan fingerprint density at radius 2 is 1.71 bits per heavy atom. The molecule has 1 heterocycles. The van der Waals surface area contributed by atoms with Gasteiger partial charge in [-0.25, -0.2) is 9.79 Å². The highest BCUT2D eigenvalue weighted by Gasteiger charge is 2.28. The van der Waals surface area contributed by atoms with Gasteiger partial charge in [0.15, 0.2) is 0 Å². The highest BCUT2D eigenvalue weighted by molar-refractivity contribution is 5.98. The summed E-state index contributed by atoms with van der Waals surface area (Å²) < 4.78 is 17.2. The number of hydrogen-bond donors (Lipinski definition) is 1. The normalized spacial score (nSPS) is 14.8. The molecule has 2 aliphatic rings. The van der Waals surface area contributed by atoms with Crippen molar-refractivity contribution in [1.29, 1.82) is 0 Å². The Hall–Kier alpha value is -4.08. The molecule has 0 bridgehead atoms. The molecule has 0 radical (unpaired) electrons. The zero-order valence-corrected chi connectivity index (χ0v) is 30.0. The van der Waals surface area contributed by atoms with Crippen LogP contribution in [0.2, 0.25) is 0 Å². The topological polar surface area (TPSA) is 110 Å². The minimum Gasteiger partial charge on any atom is -0.491 e. The van der Waals surface area contributed by atoms with Gasteiger partial charge in [0.25, 0.3) is 0 Å². The van der Waals surface area contributed by atoms with E-state index in [2.05, 4.69) is 17.1 Å². The number of aliphatic imine (C=N–C) groups is 1. The number of para-hydroxylation sites is 1. The summed E-state index contributed by atoms with van der Waals surface area (Å²) in [6, 6.07) is 15.4. The van der Waals surface area contributed by atoms with Gasteiger partial charge in [-0.15, -0.1) is 0 Å². The molecular weight excluding hydrogens is 620 g/mol. The van der Waals surface area contributed by atoms with Crippen LogP contribution in [0.25, 0.3) is 0 Å². The molecule has 1 fully saturated rings. The molecule has 0 atom stereocenters. The second-order valence-corrected chi connectivity index (χ2v) is 14.4. The molecule has 0 saturated heterocycles. The van der Waals surface area contributed by atoms with Crippen LogP contribution in [0.3, 0.4) is 0 Å². The predicted octanol–water partition coefficient (Wildman–Crippen LogP) is 7.91. The molecule has 1 aliphatic carbocycles. The highest BCUT2D eigenvalue weighted by atomic mass is 16.5. The highest BCUT2D eigenvalue weighted by Crippen LogP contribution is 2.35. The van der Waals surface area contributed by atoms with Crippen molar-refractivity contribution in [3.63, 3.8) is 0 Å². The zero-order chi connectivity index (χ0) is 35.1. The maximum absolute atomic E-state index is 13.4. The fraction of sp³-hybridized carbons (Fsp3) is 0.590. The van der Waals surface area contributed by atoms with Crippen molar-refractivity contribution >= 4 is 29.6 Å². The van der Waals surface area contributed by atoms with Gasteiger partial charge in [0.2, 0.25) is 11.9 Å². The minimum absolute atomic E-state index is 0.0914. The third-order valence-electron chi connectivity index (χ3n) is 8.75. The zero-order valence-electron chi connectivity index (χ0n) is 30.0. The Balaban J connectivity index is 1.40. The molecule has 0 unspecified atom stereocenters. The molecular formula is C39H56N4O6. The fourth-order valence-corrected chi connectivity index (χ4v) is 6.14. The van der Waals surface area contributed by atoms with E-state index in [0.29, 0.717) is 43.5 Å². The number of rotatable bonds is 16. The molecule has 1 N–H and O–H groups in total. The maximum atomic E-state index is 13.4. The van der Waals surface area contributed by atoms with Crippen LogP contribution in [0.5, 0.6) is 5.75 Å². The van der Waals surface area contributed by atoms with E-state index >= 15 is 0 Å². The van der Waals surface area contributed by atoms with E-state index in [1.165, 1.54) is 32.1 Å².